The number of alkyl halides is 2. The molecule has 4 nitrogen and oxygen atoms in total. The molecule has 1 aromatic heterocycles. The van der Waals surface area contributed by atoms with Crippen molar-refractivity contribution in [3.63, 3.8) is 0 Å². The molecule has 1 aliphatic heterocycles. The number of thiophene rings is 1. The van der Waals surface area contributed by atoms with Crippen LogP contribution in [0.3, 0.4) is 0 Å². The van der Waals surface area contributed by atoms with Gasteiger partial charge in [-0.3, -0.25) is 4.90 Å². The molecule has 2 heterocycles. The first-order valence-electron chi connectivity index (χ1n) is 11.0. The van der Waals surface area contributed by atoms with E-state index in [0.29, 0.717) is 5.75 Å². The molecule has 7 heteroatoms. The number of rotatable bonds is 7. The summed E-state index contributed by atoms with van der Waals surface area (Å²) in [6.07, 6.45) is 1.81. The van der Waals surface area contributed by atoms with Crippen LogP contribution in [0.4, 0.5) is 8.78 Å². The van der Waals surface area contributed by atoms with E-state index in [-0.39, 0.29) is 12.2 Å². The van der Waals surface area contributed by atoms with E-state index in [0.717, 1.165) is 49.8 Å². The van der Waals surface area contributed by atoms with Gasteiger partial charge in [0.2, 0.25) is 0 Å². The molecule has 0 saturated heterocycles. The van der Waals surface area contributed by atoms with Crippen LogP contribution in [0.25, 0.3) is 10.4 Å². The Morgan fingerprint density at radius 2 is 1.79 bits per heavy atom. The average molecular weight is 472 g/mol. The van der Waals surface area contributed by atoms with Gasteiger partial charge in [0.05, 0.1) is 0 Å². The smallest absolute Gasteiger partial charge is 0.341 e. The number of carboxylic acids is 1. The van der Waals surface area contributed by atoms with E-state index in [4.69, 9.17) is 9.84 Å². The number of hydrogen-bond donors (Lipinski definition) is 1. The Morgan fingerprint density at radius 3 is 2.45 bits per heavy atom. The summed E-state index contributed by atoms with van der Waals surface area (Å²) >= 11 is 1.72. The number of nitrogens with zero attached hydrogens (tertiary/aromatic N) is 1. The van der Waals surface area contributed by atoms with Crippen molar-refractivity contribution in [1.29, 1.82) is 0 Å². The maximum absolute atomic E-state index is 13.5. The Kier molecular flexibility index (Phi) is 6.81. The van der Waals surface area contributed by atoms with Crippen LogP contribution in [-0.2, 0) is 30.1 Å². The molecular weight excluding hydrogens is 444 g/mol. The number of hydrogen-bond acceptors (Lipinski definition) is 4. The van der Waals surface area contributed by atoms with E-state index < -0.39 is 11.9 Å². The zero-order valence-corrected chi connectivity index (χ0v) is 19.6. The van der Waals surface area contributed by atoms with Crippen molar-refractivity contribution in [2.75, 3.05) is 19.7 Å². The number of aliphatic carboxylic acids is 1. The van der Waals surface area contributed by atoms with E-state index in [9.17, 15) is 13.6 Å². The van der Waals surface area contributed by atoms with Crippen molar-refractivity contribution in [1.82, 2.24) is 4.90 Å². The molecule has 0 spiro atoms. The van der Waals surface area contributed by atoms with Crippen LogP contribution in [0, 0.1) is 6.92 Å². The molecule has 0 unspecified atom stereocenters. The molecule has 3 aromatic rings. The van der Waals surface area contributed by atoms with E-state index in [1.165, 1.54) is 33.7 Å². The maximum Gasteiger partial charge on any atom is 0.341 e. The van der Waals surface area contributed by atoms with Crippen LogP contribution >= 0.6 is 11.3 Å². The van der Waals surface area contributed by atoms with Gasteiger partial charge in [0.1, 0.15) is 5.75 Å². The number of aryl methyl sites for hydroxylation is 1. The van der Waals surface area contributed by atoms with E-state index in [1.807, 2.05) is 18.2 Å². The highest BCUT2D eigenvalue weighted by Gasteiger charge is 2.24. The first-order chi connectivity index (χ1) is 15.7. The standard InChI is InChI=1S/C26H27F2NO3S/c1-17-13-23(19-3-6-21(7-4-19)26(2,27)28)33-24(17)15-29-11-9-18-5-8-22(32-16-25(30)31)14-20(18)10-12-29/h3-8,13-14H,9-12,15-16H2,1-2H3,(H,30,31). The second kappa shape index (κ2) is 9.61. The first-order valence-corrected chi connectivity index (χ1v) is 11.8. The second-order valence-corrected chi connectivity index (χ2v) is 9.71. The fourth-order valence-corrected chi connectivity index (χ4v) is 5.31. The average Bonchev–Trinajstić information content (AvgIpc) is 3.01. The van der Waals surface area contributed by atoms with E-state index in [1.54, 1.807) is 23.5 Å². The van der Waals surface area contributed by atoms with Gasteiger partial charge in [0.25, 0.3) is 5.92 Å². The third-order valence-corrected chi connectivity index (χ3v) is 7.27. The van der Waals surface area contributed by atoms with Gasteiger partial charge >= 0.3 is 5.97 Å². The number of carbonyl (C=O) groups is 1. The summed E-state index contributed by atoms with van der Waals surface area (Å²) in [7, 11) is 0. The van der Waals surface area contributed by atoms with Crippen LogP contribution < -0.4 is 4.74 Å². The Balaban J connectivity index is 1.42. The fourth-order valence-electron chi connectivity index (χ4n) is 4.09. The molecule has 33 heavy (non-hydrogen) atoms. The number of fused-ring (bicyclic) bond motifs is 1. The van der Waals surface area contributed by atoms with Gasteiger partial charge in [0.15, 0.2) is 6.61 Å². The number of benzene rings is 2. The molecule has 2 aromatic carbocycles. The molecule has 1 aliphatic rings. The Hall–Kier alpha value is -2.77. The van der Waals surface area contributed by atoms with E-state index >= 15 is 0 Å². The van der Waals surface area contributed by atoms with Crippen LogP contribution in [0.2, 0.25) is 0 Å². The minimum atomic E-state index is -2.83. The van der Waals surface area contributed by atoms with Crippen LogP contribution in [0.5, 0.6) is 5.75 Å². The maximum atomic E-state index is 13.5. The topological polar surface area (TPSA) is 49.8 Å². The lowest BCUT2D eigenvalue weighted by molar-refractivity contribution is -0.139. The van der Waals surface area contributed by atoms with Crippen molar-refractivity contribution in [3.8, 4) is 16.2 Å². The summed E-state index contributed by atoms with van der Waals surface area (Å²) < 4.78 is 32.3. The van der Waals surface area contributed by atoms with Crippen molar-refractivity contribution in [2.45, 2.75) is 39.2 Å². The van der Waals surface area contributed by atoms with Crippen LogP contribution in [0.1, 0.15) is 34.1 Å². The largest absolute Gasteiger partial charge is 0.482 e. The molecule has 1 N–H and O–H groups in total. The fraction of sp³-hybridized carbons (Fsp3) is 0.346. The lowest BCUT2D eigenvalue weighted by Gasteiger charge is -2.19. The molecule has 0 fully saturated rings. The van der Waals surface area contributed by atoms with E-state index in [2.05, 4.69) is 17.9 Å². The van der Waals surface area contributed by atoms with Crippen molar-refractivity contribution in [2.24, 2.45) is 0 Å². The predicted molar refractivity (Wildman–Crippen MR) is 126 cm³/mol. The highest BCUT2D eigenvalue weighted by molar-refractivity contribution is 7.15. The Morgan fingerprint density at radius 1 is 1.09 bits per heavy atom. The first kappa shape index (κ1) is 23.4. The quantitative estimate of drug-likeness (QED) is 0.466. The van der Waals surface area contributed by atoms with Gasteiger partial charge in [-0.15, -0.1) is 11.3 Å². The predicted octanol–water partition coefficient (Wildman–Crippen LogP) is 5.90. The molecule has 4 rings (SSSR count). The lowest BCUT2D eigenvalue weighted by atomic mass is 10.0. The molecule has 0 radical (unpaired) electrons. The Labute approximate surface area is 196 Å². The van der Waals surface area contributed by atoms with Gasteiger partial charge < -0.3 is 9.84 Å². The van der Waals surface area contributed by atoms with Gasteiger partial charge in [-0.05, 0) is 60.2 Å². The Bertz CT molecular complexity index is 1140. The van der Waals surface area contributed by atoms with Gasteiger partial charge in [-0.2, -0.15) is 0 Å². The number of ether oxygens (including phenoxy) is 1. The zero-order chi connectivity index (χ0) is 23.6. The minimum Gasteiger partial charge on any atom is -0.482 e. The lowest BCUT2D eigenvalue weighted by Crippen LogP contribution is -2.25. The highest BCUT2D eigenvalue weighted by atomic mass is 32.1. The van der Waals surface area contributed by atoms with Crippen LogP contribution in [-0.4, -0.2) is 35.7 Å². The van der Waals surface area contributed by atoms with Crippen molar-refractivity contribution < 1.29 is 23.4 Å². The summed E-state index contributed by atoms with van der Waals surface area (Å²) in [6.45, 7) is 5.37. The number of halogens is 2. The second-order valence-electron chi connectivity index (χ2n) is 8.57. The van der Waals surface area contributed by atoms with Gasteiger partial charge in [0, 0.05) is 41.9 Å². The molecule has 0 aliphatic carbocycles. The summed E-state index contributed by atoms with van der Waals surface area (Å²) in [5.74, 6) is -3.22. The highest BCUT2D eigenvalue weighted by Crippen LogP contribution is 2.35. The summed E-state index contributed by atoms with van der Waals surface area (Å²) in [5, 5.41) is 8.81. The summed E-state index contributed by atoms with van der Waals surface area (Å²) in [5.41, 5.74) is 4.68. The minimum absolute atomic E-state index is 0.0282. The molecule has 0 amide bonds. The van der Waals surface area contributed by atoms with Crippen LogP contribution in [0.15, 0.2) is 48.5 Å². The number of carboxylic acid groups (broad SMARTS) is 1. The SMILES string of the molecule is Cc1cc(-c2ccc(C(C)(F)F)cc2)sc1CN1CCc2ccc(OCC(=O)O)cc2CC1. The summed E-state index contributed by atoms with van der Waals surface area (Å²) in [6, 6.07) is 14.5. The third kappa shape index (κ3) is 5.78. The third-order valence-electron chi connectivity index (χ3n) is 6.00. The van der Waals surface area contributed by atoms with Gasteiger partial charge in [-0.1, -0.05) is 30.3 Å². The van der Waals surface area contributed by atoms with Gasteiger partial charge in [-0.25, -0.2) is 13.6 Å². The normalized spacial score (nSPS) is 14.5. The summed E-state index contributed by atoms with van der Waals surface area (Å²) in [4.78, 5) is 15.6. The molecule has 0 bridgehead atoms. The van der Waals surface area contributed by atoms with Crippen molar-refractivity contribution >= 4 is 17.3 Å². The monoisotopic (exact) mass is 471 g/mol. The molecule has 0 saturated carbocycles. The molecule has 174 valence electrons. The zero-order valence-electron chi connectivity index (χ0n) is 18.7. The van der Waals surface area contributed by atoms with Crippen molar-refractivity contribution in [3.05, 3.63) is 75.7 Å². The molecule has 0 atom stereocenters. The molecular formula is C26H27F2NO3S.